The van der Waals surface area contributed by atoms with Crippen LogP contribution >= 0.6 is 15.9 Å². The van der Waals surface area contributed by atoms with E-state index in [1.54, 1.807) is 4.90 Å². The van der Waals surface area contributed by atoms with Crippen LogP contribution in [0.1, 0.15) is 34.2 Å². The molecule has 0 fully saturated rings. The lowest BCUT2D eigenvalue weighted by Crippen LogP contribution is -2.24. The maximum absolute atomic E-state index is 12.7. The lowest BCUT2D eigenvalue weighted by molar-refractivity contribution is 0.0996. The molecule has 1 amide bonds. The molecule has 1 aromatic carbocycles. The predicted molar refractivity (Wildman–Crippen MR) is 101 cm³/mol. The van der Waals surface area contributed by atoms with Gasteiger partial charge in [-0.3, -0.25) is 9.69 Å². The highest BCUT2D eigenvalue weighted by molar-refractivity contribution is 9.09. The van der Waals surface area contributed by atoms with E-state index in [-0.39, 0.29) is 5.91 Å². The second kappa shape index (κ2) is 6.02. The molecule has 0 N–H and O–H groups in total. The van der Waals surface area contributed by atoms with E-state index in [1.807, 2.05) is 42.5 Å². The molecule has 0 bridgehead atoms. The van der Waals surface area contributed by atoms with Gasteiger partial charge in [0.15, 0.2) is 5.82 Å². The SMILES string of the molecule is O=C1c2ccccc2CN1c1cccc(-c2nnc3n2[C@@H](CBr)CC3)n1. The van der Waals surface area contributed by atoms with Crippen molar-refractivity contribution in [1.29, 1.82) is 0 Å². The Labute approximate surface area is 159 Å². The van der Waals surface area contributed by atoms with Crippen LogP contribution in [0.5, 0.6) is 0 Å². The van der Waals surface area contributed by atoms with Gasteiger partial charge >= 0.3 is 0 Å². The van der Waals surface area contributed by atoms with Crippen molar-refractivity contribution in [2.45, 2.75) is 25.4 Å². The van der Waals surface area contributed by atoms with Gasteiger partial charge in [-0.15, -0.1) is 10.2 Å². The van der Waals surface area contributed by atoms with Crippen molar-refractivity contribution in [2.24, 2.45) is 0 Å². The molecule has 0 aliphatic carbocycles. The van der Waals surface area contributed by atoms with Gasteiger partial charge < -0.3 is 4.57 Å². The number of amides is 1. The zero-order chi connectivity index (χ0) is 17.7. The minimum absolute atomic E-state index is 0.00458. The van der Waals surface area contributed by atoms with Gasteiger partial charge in [0.25, 0.3) is 5.91 Å². The molecule has 0 radical (unpaired) electrons. The van der Waals surface area contributed by atoms with Crippen LogP contribution in [0.15, 0.2) is 42.5 Å². The summed E-state index contributed by atoms with van der Waals surface area (Å²) in [4.78, 5) is 19.2. The van der Waals surface area contributed by atoms with Crippen LogP contribution in [0, 0.1) is 0 Å². The molecule has 5 rings (SSSR count). The van der Waals surface area contributed by atoms with E-state index >= 15 is 0 Å². The summed E-state index contributed by atoms with van der Waals surface area (Å²) >= 11 is 3.58. The summed E-state index contributed by atoms with van der Waals surface area (Å²) in [5.74, 6) is 2.42. The van der Waals surface area contributed by atoms with E-state index in [9.17, 15) is 4.79 Å². The van der Waals surface area contributed by atoms with Crippen LogP contribution in [0.2, 0.25) is 0 Å². The second-order valence-corrected chi connectivity index (χ2v) is 7.23. The molecule has 2 aromatic heterocycles. The first-order valence-corrected chi connectivity index (χ1v) is 9.75. The Hall–Kier alpha value is -2.54. The monoisotopic (exact) mass is 409 g/mol. The van der Waals surface area contributed by atoms with Crippen molar-refractivity contribution < 1.29 is 4.79 Å². The number of hydrogen-bond donors (Lipinski definition) is 0. The van der Waals surface area contributed by atoms with Gasteiger partial charge in [-0.25, -0.2) is 4.98 Å². The van der Waals surface area contributed by atoms with E-state index in [1.165, 1.54) is 0 Å². The number of hydrogen-bond acceptors (Lipinski definition) is 4. The van der Waals surface area contributed by atoms with Crippen molar-refractivity contribution >= 4 is 27.7 Å². The Morgan fingerprint density at radius 3 is 2.85 bits per heavy atom. The van der Waals surface area contributed by atoms with E-state index in [4.69, 9.17) is 4.98 Å². The minimum atomic E-state index is -0.00458. The summed E-state index contributed by atoms with van der Waals surface area (Å²) in [6.07, 6.45) is 1.99. The minimum Gasteiger partial charge on any atom is -0.306 e. The average molecular weight is 410 g/mol. The fourth-order valence-corrected chi connectivity index (χ4v) is 4.37. The molecule has 1 atom stereocenters. The lowest BCUT2D eigenvalue weighted by atomic mass is 10.1. The fourth-order valence-electron chi connectivity index (χ4n) is 3.76. The Kier molecular flexibility index (Phi) is 3.63. The summed E-state index contributed by atoms with van der Waals surface area (Å²) in [5, 5.41) is 9.54. The van der Waals surface area contributed by atoms with Gasteiger partial charge in [-0.05, 0) is 30.2 Å². The Bertz CT molecular complexity index is 1010. The molecule has 2 aliphatic heterocycles. The number of carbonyl (C=O) groups is 1. The van der Waals surface area contributed by atoms with Crippen LogP contribution in [0.4, 0.5) is 5.82 Å². The predicted octanol–water partition coefficient (Wildman–Crippen LogP) is 3.38. The van der Waals surface area contributed by atoms with Crippen molar-refractivity contribution in [2.75, 3.05) is 10.2 Å². The molecule has 4 heterocycles. The highest BCUT2D eigenvalue weighted by atomic mass is 79.9. The number of fused-ring (bicyclic) bond motifs is 2. The van der Waals surface area contributed by atoms with Crippen molar-refractivity contribution in [3.8, 4) is 11.5 Å². The molecule has 0 saturated heterocycles. The first-order valence-electron chi connectivity index (χ1n) is 8.63. The largest absolute Gasteiger partial charge is 0.306 e. The number of benzene rings is 1. The molecule has 0 unspecified atom stereocenters. The Morgan fingerprint density at radius 2 is 2.00 bits per heavy atom. The number of pyridine rings is 1. The molecule has 130 valence electrons. The molecule has 0 spiro atoms. The number of carbonyl (C=O) groups excluding carboxylic acids is 1. The number of nitrogens with zero attached hydrogens (tertiary/aromatic N) is 5. The fraction of sp³-hybridized carbons (Fsp3) is 0.263. The van der Waals surface area contributed by atoms with Gasteiger partial charge in [0, 0.05) is 23.4 Å². The van der Waals surface area contributed by atoms with Crippen molar-refractivity contribution in [3.63, 3.8) is 0 Å². The molecule has 3 aromatic rings. The molecule has 2 aliphatic rings. The van der Waals surface area contributed by atoms with Crippen LogP contribution in [-0.2, 0) is 13.0 Å². The van der Waals surface area contributed by atoms with E-state index in [2.05, 4.69) is 30.7 Å². The third-order valence-corrected chi connectivity index (χ3v) is 5.82. The van der Waals surface area contributed by atoms with Gasteiger partial charge in [-0.2, -0.15) is 0 Å². The Morgan fingerprint density at radius 1 is 1.12 bits per heavy atom. The third-order valence-electron chi connectivity index (χ3n) is 5.07. The standard InChI is InChI=1S/C19H16BrN5O/c20-10-13-8-9-17-22-23-18(25(13)17)15-6-3-7-16(21-15)24-11-12-4-1-2-5-14(12)19(24)26/h1-7,13H,8-11H2/t13-/m1/s1. The van der Waals surface area contributed by atoms with Crippen LogP contribution in [0.25, 0.3) is 11.5 Å². The summed E-state index contributed by atoms with van der Waals surface area (Å²) in [5.41, 5.74) is 2.53. The maximum atomic E-state index is 12.7. The zero-order valence-corrected chi connectivity index (χ0v) is 15.6. The highest BCUT2D eigenvalue weighted by Gasteiger charge is 2.30. The van der Waals surface area contributed by atoms with Gasteiger partial charge in [0.2, 0.25) is 0 Å². The average Bonchev–Trinajstić information content (AvgIpc) is 3.36. The summed E-state index contributed by atoms with van der Waals surface area (Å²) in [7, 11) is 0. The number of rotatable bonds is 3. The molecule has 26 heavy (non-hydrogen) atoms. The number of anilines is 1. The van der Waals surface area contributed by atoms with Crippen molar-refractivity contribution in [1.82, 2.24) is 19.7 Å². The van der Waals surface area contributed by atoms with E-state index in [0.29, 0.717) is 18.4 Å². The Balaban J connectivity index is 1.53. The normalized spacial score (nSPS) is 18.3. The van der Waals surface area contributed by atoms with E-state index < -0.39 is 0 Å². The first kappa shape index (κ1) is 15.7. The number of aromatic nitrogens is 4. The van der Waals surface area contributed by atoms with Gasteiger partial charge in [0.1, 0.15) is 17.3 Å². The van der Waals surface area contributed by atoms with Gasteiger partial charge in [-0.1, -0.05) is 40.2 Å². The lowest BCUT2D eigenvalue weighted by Gasteiger charge is -2.16. The van der Waals surface area contributed by atoms with Gasteiger partial charge in [0.05, 0.1) is 6.54 Å². The molecule has 6 nitrogen and oxygen atoms in total. The zero-order valence-electron chi connectivity index (χ0n) is 14.0. The summed E-state index contributed by atoms with van der Waals surface area (Å²) < 4.78 is 2.17. The molecule has 0 saturated carbocycles. The van der Waals surface area contributed by atoms with Crippen LogP contribution in [0.3, 0.4) is 0 Å². The highest BCUT2D eigenvalue weighted by Crippen LogP contribution is 2.33. The second-order valence-electron chi connectivity index (χ2n) is 6.59. The van der Waals surface area contributed by atoms with Crippen LogP contribution in [-0.4, -0.2) is 31.0 Å². The summed E-state index contributed by atoms with van der Waals surface area (Å²) in [6.45, 7) is 0.549. The number of halogens is 1. The molecular formula is C19H16BrN5O. The topological polar surface area (TPSA) is 63.9 Å². The van der Waals surface area contributed by atoms with Crippen LogP contribution < -0.4 is 4.90 Å². The maximum Gasteiger partial charge on any atom is 0.260 e. The number of aryl methyl sites for hydroxylation is 1. The molecular weight excluding hydrogens is 394 g/mol. The third kappa shape index (κ3) is 2.30. The van der Waals surface area contributed by atoms with E-state index in [0.717, 1.165) is 46.6 Å². The quantitative estimate of drug-likeness (QED) is 0.621. The first-order chi connectivity index (χ1) is 12.8. The van der Waals surface area contributed by atoms with Crippen molar-refractivity contribution in [3.05, 3.63) is 59.4 Å². The molecule has 7 heteroatoms. The summed E-state index contributed by atoms with van der Waals surface area (Å²) in [6, 6.07) is 13.8. The smallest absolute Gasteiger partial charge is 0.260 e. The number of alkyl halides is 1.